The molecule has 0 aliphatic rings. The maximum Gasteiger partial charge on any atom is 0.335 e. The van der Waals surface area contributed by atoms with Gasteiger partial charge in [-0.15, -0.1) is 0 Å². The van der Waals surface area contributed by atoms with Gasteiger partial charge in [0, 0.05) is 19.5 Å². The fraction of sp³-hybridized carbons (Fsp3) is 0.257. The molecule has 224 valence electrons. The highest BCUT2D eigenvalue weighted by Gasteiger charge is 2.12. The number of hydrogen-bond donors (Lipinski definition) is 2. The van der Waals surface area contributed by atoms with Gasteiger partial charge in [0.05, 0.1) is 10.6 Å². The molecule has 4 aromatic carbocycles. The van der Waals surface area contributed by atoms with Gasteiger partial charge in [-0.25, -0.2) is 9.18 Å². The van der Waals surface area contributed by atoms with Crippen LogP contribution in [0.15, 0.2) is 84.9 Å². The number of benzene rings is 4. The summed E-state index contributed by atoms with van der Waals surface area (Å²) in [4.78, 5) is 24.5. The Labute approximate surface area is 256 Å². The van der Waals surface area contributed by atoms with Crippen molar-refractivity contribution >= 4 is 23.5 Å². The second-order valence-electron chi connectivity index (χ2n) is 10.6. The fourth-order valence-electron chi connectivity index (χ4n) is 4.85. The van der Waals surface area contributed by atoms with E-state index in [0.717, 1.165) is 65.1 Å². The van der Waals surface area contributed by atoms with Gasteiger partial charge in [-0.2, -0.15) is 0 Å². The molecular formula is C35H35ClFNO5. The lowest BCUT2D eigenvalue weighted by Gasteiger charge is -2.23. The first-order chi connectivity index (χ1) is 20.7. The molecule has 0 aliphatic carbocycles. The molecule has 0 atom stereocenters. The minimum absolute atomic E-state index is 0.0896. The van der Waals surface area contributed by atoms with E-state index in [1.54, 1.807) is 24.3 Å². The second-order valence-corrected chi connectivity index (χ2v) is 11.0. The number of unbranched alkanes of at least 4 members (excludes halogenated alkanes) is 1. The predicted octanol–water partition coefficient (Wildman–Crippen LogP) is 8.03. The quantitative estimate of drug-likeness (QED) is 0.134. The van der Waals surface area contributed by atoms with E-state index in [-0.39, 0.29) is 17.0 Å². The maximum absolute atomic E-state index is 13.5. The fourth-order valence-corrected chi connectivity index (χ4v) is 5.03. The highest BCUT2D eigenvalue weighted by molar-refractivity contribution is 6.31. The first kappa shape index (κ1) is 31.7. The molecule has 0 bridgehead atoms. The number of halogens is 2. The molecule has 2 N–H and O–H groups in total. The van der Waals surface area contributed by atoms with Crippen molar-refractivity contribution in [2.45, 2.75) is 45.8 Å². The molecule has 43 heavy (non-hydrogen) atoms. The molecule has 4 aromatic rings. The summed E-state index contributed by atoms with van der Waals surface area (Å²) in [7, 11) is 0. The van der Waals surface area contributed by atoms with E-state index in [1.807, 2.05) is 55.5 Å². The Balaban J connectivity index is 1.41. The summed E-state index contributed by atoms with van der Waals surface area (Å²) in [5.41, 5.74) is 6.21. The Morgan fingerprint density at radius 2 is 1.53 bits per heavy atom. The second kappa shape index (κ2) is 15.3. The van der Waals surface area contributed by atoms with Crippen molar-refractivity contribution in [3.8, 4) is 16.9 Å². The van der Waals surface area contributed by atoms with Crippen LogP contribution in [-0.2, 0) is 24.4 Å². The molecule has 0 saturated heterocycles. The van der Waals surface area contributed by atoms with E-state index in [0.29, 0.717) is 19.6 Å². The van der Waals surface area contributed by atoms with E-state index in [4.69, 9.17) is 21.4 Å². The number of hydrogen-bond acceptors (Lipinski definition) is 4. The lowest BCUT2D eigenvalue weighted by atomic mass is 10.0. The molecular weight excluding hydrogens is 569 g/mol. The first-order valence-electron chi connectivity index (χ1n) is 14.2. The Morgan fingerprint density at radius 1 is 0.837 bits per heavy atom. The Bertz CT molecular complexity index is 1540. The number of carboxylic acid groups (broad SMARTS) is 2. The molecule has 0 aromatic heterocycles. The molecule has 8 heteroatoms. The van der Waals surface area contributed by atoms with Crippen molar-refractivity contribution in [3.05, 3.63) is 124 Å². The first-order valence-corrected chi connectivity index (χ1v) is 14.6. The highest BCUT2D eigenvalue weighted by Crippen LogP contribution is 2.26. The third kappa shape index (κ3) is 9.66. The van der Waals surface area contributed by atoms with Crippen molar-refractivity contribution in [1.82, 2.24) is 4.90 Å². The Kier molecular flexibility index (Phi) is 11.3. The van der Waals surface area contributed by atoms with Crippen LogP contribution in [0.25, 0.3) is 11.1 Å². The van der Waals surface area contributed by atoms with Gasteiger partial charge in [-0.3, -0.25) is 9.69 Å². The van der Waals surface area contributed by atoms with E-state index in [2.05, 4.69) is 11.0 Å². The average Bonchev–Trinajstić information content (AvgIpc) is 2.99. The van der Waals surface area contributed by atoms with Gasteiger partial charge in [0.1, 0.15) is 18.2 Å². The van der Waals surface area contributed by atoms with Crippen molar-refractivity contribution in [2.75, 3.05) is 13.1 Å². The van der Waals surface area contributed by atoms with Gasteiger partial charge in [0.2, 0.25) is 0 Å². The molecule has 0 fully saturated rings. The van der Waals surface area contributed by atoms with E-state index in [1.165, 1.54) is 6.07 Å². The van der Waals surface area contributed by atoms with Crippen molar-refractivity contribution in [3.63, 3.8) is 0 Å². The number of carboxylic acids is 2. The normalized spacial score (nSPS) is 11.1. The van der Waals surface area contributed by atoms with Gasteiger partial charge >= 0.3 is 11.9 Å². The van der Waals surface area contributed by atoms with Gasteiger partial charge < -0.3 is 14.9 Å². The summed E-state index contributed by atoms with van der Waals surface area (Å²) >= 11 is 5.94. The average molecular weight is 604 g/mol. The van der Waals surface area contributed by atoms with Crippen molar-refractivity contribution < 1.29 is 28.9 Å². The maximum atomic E-state index is 13.5. The monoisotopic (exact) mass is 603 g/mol. The molecule has 0 saturated carbocycles. The molecule has 0 spiro atoms. The zero-order chi connectivity index (χ0) is 30.8. The topological polar surface area (TPSA) is 87.1 Å². The molecule has 4 rings (SSSR count). The Hall–Kier alpha value is -4.20. The van der Waals surface area contributed by atoms with Crippen LogP contribution in [0.4, 0.5) is 4.39 Å². The Morgan fingerprint density at radius 3 is 2.21 bits per heavy atom. The lowest BCUT2D eigenvalue weighted by Crippen LogP contribution is -2.27. The van der Waals surface area contributed by atoms with Gasteiger partial charge in [-0.05, 0) is 90.9 Å². The molecule has 6 nitrogen and oxygen atoms in total. The molecule has 0 aliphatic heterocycles. The lowest BCUT2D eigenvalue weighted by molar-refractivity contribution is -0.137. The summed E-state index contributed by atoms with van der Waals surface area (Å²) < 4.78 is 19.8. The molecule has 0 amide bonds. The smallest absolute Gasteiger partial charge is 0.335 e. The molecule has 0 radical (unpaired) electrons. The number of aryl methyl sites for hydroxylation is 1. The number of carbonyl (C=O) groups is 2. The molecule has 0 unspecified atom stereocenters. The van der Waals surface area contributed by atoms with Crippen LogP contribution < -0.4 is 4.74 Å². The summed E-state index contributed by atoms with van der Waals surface area (Å²) in [6, 6.07) is 25.6. The summed E-state index contributed by atoms with van der Waals surface area (Å²) in [6.07, 6.45) is 2.20. The van der Waals surface area contributed by atoms with Gasteiger partial charge in [0.25, 0.3) is 0 Å². The number of nitrogens with zero attached hydrogens (tertiary/aromatic N) is 1. The van der Waals surface area contributed by atoms with Crippen LogP contribution in [0.2, 0.25) is 5.02 Å². The zero-order valence-corrected chi connectivity index (χ0v) is 24.8. The summed E-state index contributed by atoms with van der Waals surface area (Å²) in [5, 5.41) is 18.3. The third-order valence-corrected chi connectivity index (χ3v) is 7.53. The van der Waals surface area contributed by atoms with Gasteiger partial charge in [0.15, 0.2) is 0 Å². The standard InChI is InChI=1S/C35H35ClFNO5/c1-24-5-16-33(43-23-26-8-10-27(11-9-26)29-14-15-32(37)31(36)21-29)30(20-24)17-19-38(18-3-2-4-34(39)40)22-25-6-12-28(13-7-25)35(41)42/h5-16,20-21H,2-4,17-19,22-23H2,1H3,(H,39,40)(H,41,42). The number of ether oxygens (including phenoxy) is 1. The summed E-state index contributed by atoms with van der Waals surface area (Å²) in [6.45, 7) is 4.50. The predicted molar refractivity (Wildman–Crippen MR) is 166 cm³/mol. The van der Waals surface area contributed by atoms with E-state index in [9.17, 15) is 19.1 Å². The SMILES string of the molecule is Cc1ccc(OCc2ccc(-c3ccc(F)c(Cl)c3)cc2)c(CCN(CCCCC(=O)O)Cc2ccc(C(=O)O)cc2)c1. The molecule has 0 heterocycles. The number of rotatable bonds is 15. The van der Waals surface area contributed by atoms with Crippen LogP contribution in [0, 0.1) is 12.7 Å². The largest absolute Gasteiger partial charge is 0.489 e. The summed E-state index contributed by atoms with van der Waals surface area (Å²) in [5.74, 6) is -1.40. The minimum atomic E-state index is -0.960. The zero-order valence-electron chi connectivity index (χ0n) is 24.1. The van der Waals surface area contributed by atoms with Crippen molar-refractivity contribution in [2.24, 2.45) is 0 Å². The van der Waals surface area contributed by atoms with E-state index >= 15 is 0 Å². The minimum Gasteiger partial charge on any atom is -0.489 e. The number of aliphatic carboxylic acids is 1. The van der Waals surface area contributed by atoms with Crippen LogP contribution in [0.5, 0.6) is 5.75 Å². The van der Waals surface area contributed by atoms with Gasteiger partial charge in [-0.1, -0.05) is 71.8 Å². The third-order valence-electron chi connectivity index (χ3n) is 7.24. The van der Waals surface area contributed by atoms with Crippen molar-refractivity contribution in [1.29, 1.82) is 0 Å². The van der Waals surface area contributed by atoms with Crippen LogP contribution >= 0.6 is 11.6 Å². The van der Waals surface area contributed by atoms with Crippen LogP contribution in [-0.4, -0.2) is 40.1 Å². The van der Waals surface area contributed by atoms with Crippen LogP contribution in [0.1, 0.15) is 51.9 Å². The van der Waals surface area contributed by atoms with E-state index < -0.39 is 17.8 Å². The van der Waals surface area contributed by atoms with Crippen LogP contribution in [0.3, 0.4) is 0 Å². The number of aromatic carboxylic acids is 1. The highest BCUT2D eigenvalue weighted by atomic mass is 35.5.